The highest BCUT2D eigenvalue weighted by atomic mass is 35.5. The number of Topliss-reactive ketones (excluding diaryl/α,β-unsaturated/α-hetero) is 1. The Labute approximate surface area is 100 Å². The standard InChI is InChI=1S/C9H6Cl2N2OS/c10-7-3-5(9(11)15-7)6(14)4-8-12-1-2-13-8/h1-3H,4H2,(H,12,13). The molecular weight excluding hydrogens is 255 g/mol. The molecule has 1 N–H and O–H groups in total. The molecule has 2 aromatic heterocycles. The molecule has 15 heavy (non-hydrogen) atoms. The van der Waals surface area contributed by atoms with Crippen LogP contribution in [0.5, 0.6) is 0 Å². The largest absolute Gasteiger partial charge is 0.348 e. The smallest absolute Gasteiger partial charge is 0.172 e. The zero-order chi connectivity index (χ0) is 10.8. The Morgan fingerprint density at radius 1 is 1.53 bits per heavy atom. The van der Waals surface area contributed by atoms with E-state index in [1.165, 1.54) is 11.3 Å². The van der Waals surface area contributed by atoms with Crippen LogP contribution in [0.3, 0.4) is 0 Å². The van der Waals surface area contributed by atoms with E-state index in [1.807, 2.05) is 0 Å². The second-order valence-electron chi connectivity index (χ2n) is 2.87. The molecule has 0 radical (unpaired) electrons. The SMILES string of the molecule is O=C(Cc1ncc[nH]1)c1cc(Cl)sc1Cl. The van der Waals surface area contributed by atoms with E-state index in [2.05, 4.69) is 9.97 Å². The Morgan fingerprint density at radius 2 is 2.33 bits per heavy atom. The van der Waals surface area contributed by atoms with Gasteiger partial charge >= 0.3 is 0 Å². The number of aromatic amines is 1. The van der Waals surface area contributed by atoms with Crippen molar-refractivity contribution in [2.75, 3.05) is 0 Å². The van der Waals surface area contributed by atoms with Gasteiger partial charge in [-0.1, -0.05) is 23.2 Å². The summed E-state index contributed by atoms with van der Waals surface area (Å²) >= 11 is 12.8. The molecule has 0 spiro atoms. The Hall–Kier alpha value is -0.840. The van der Waals surface area contributed by atoms with Gasteiger partial charge in [0.25, 0.3) is 0 Å². The third-order valence-corrected chi connectivity index (χ3v) is 3.33. The summed E-state index contributed by atoms with van der Waals surface area (Å²) in [5.41, 5.74) is 0.461. The average Bonchev–Trinajstić information content (AvgIpc) is 2.75. The number of H-pyrrole nitrogens is 1. The minimum absolute atomic E-state index is 0.0851. The number of thiophene rings is 1. The van der Waals surface area contributed by atoms with Crippen molar-refractivity contribution in [2.24, 2.45) is 0 Å². The number of nitrogens with one attached hydrogen (secondary N) is 1. The van der Waals surface area contributed by atoms with Crippen LogP contribution in [-0.4, -0.2) is 15.8 Å². The average molecular weight is 261 g/mol. The molecule has 0 aromatic carbocycles. The first-order valence-electron chi connectivity index (χ1n) is 4.13. The number of aromatic nitrogens is 2. The highest BCUT2D eigenvalue weighted by molar-refractivity contribution is 7.20. The van der Waals surface area contributed by atoms with Gasteiger partial charge in [0.2, 0.25) is 0 Å². The number of imidazole rings is 1. The van der Waals surface area contributed by atoms with E-state index in [-0.39, 0.29) is 12.2 Å². The van der Waals surface area contributed by atoms with Gasteiger partial charge in [-0.05, 0) is 6.07 Å². The molecule has 0 unspecified atom stereocenters. The fourth-order valence-electron chi connectivity index (χ4n) is 1.17. The lowest BCUT2D eigenvalue weighted by Crippen LogP contribution is -2.03. The predicted molar refractivity (Wildman–Crippen MR) is 61.0 cm³/mol. The van der Waals surface area contributed by atoms with Crippen LogP contribution in [0.1, 0.15) is 16.2 Å². The lowest BCUT2D eigenvalue weighted by atomic mass is 10.1. The first kappa shape index (κ1) is 10.7. The van der Waals surface area contributed by atoms with E-state index in [9.17, 15) is 4.79 Å². The summed E-state index contributed by atoms with van der Waals surface area (Å²) in [6.07, 6.45) is 3.48. The normalized spacial score (nSPS) is 10.5. The summed E-state index contributed by atoms with van der Waals surface area (Å²) in [5, 5.41) is 0. The third-order valence-electron chi connectivity index (χ3n) is 1.84. The summed E-state index contributed by atoms with van der Waals surface area (Å²) in [5.74, 6) is 0.538. The monoisotopic (exact) mass is 260 g/mol. The number of carbonyl (C=O) groups is 1. The van der Waals surface area contributed by atoms with Crippen molar-refractivity contribution in [3.8, 4) is 0 Å². The molecule has 0 aliphatic rings. The van der Waals surface area contributed by atoms with Crippen LogP contribution in [0.25, 0.3) is 0 Å². The number of rotatable bonds is 3. The van der Waals surface area contributed by atoms with Gasteiger partial charge in [-0.3, -0.25) is 4.79 Å². The lowest BCUT2D eigenvalue weighted by molar-refractivity contribution is 0.0991. The Balaban J connectivity index is 2.18. The van der Waals surface area contributed by atoms with Crippen LogP contribution >= 0.6 is 34.5 Å². The molecule has 78 valence electrons. The van der Waals surface area contributed by atoms with Crippen LogP contribution in [0, 0.1) is 0 Å². The van der Waals surface area contributed by atoms with E-state index < -0.39 is 0 Å². The number of ketones is 1. The molecule has 2 rings (SSSR count). The van der Waals surface area contributed by atoms with Gasteiger partial charge in [0.1, 0.15) is 10.2 Å². The van der Waals surface area contributed by atoms with Crippen molar-refractivity contribution in [3.63, 3.8) is 0 Å². The summed E-state index contributed by atoms with van der Waals surface area (Å²) in [7, 11) is 0. The van der Waals surface area contributed by atoms with Crippen molar-refractivity contribution in [3.05, 3.63) is 38.5 Å². The van der Waals surface area contributed by atoms with Crippen LogP contribution in [-0.2, 0) is 6.42 Å². The fourth-order valence-corrected chi connectivity index (χ4v) is 2.67. The number of carbonyl (C=O) groups excluding carboxylic acids is 1. The van der Waals surface area contributed by atoms with Gasteiger partial charge in [-0.2, -0.15) is 0 Å². The molecule has 2 heterocycles. The molecule has 6 heteroatoms. The number of hydrogen-bond donors (Lipinski definition) is 1. The van der Waals surface area contributed by atoms with Crippen LogP contribution in [0.4, 0.5) is 0 Å². The lowest BCUT2D eigenvalue weighted by Gasteiger charge is -1.95. The first-order valence-corrected chi connectivity index (χ1v) is 5.70. The van der Waals surface area contributed by atoms with E-state index in [0.29, 0.717) is 20.1 Å². The topological polar surface area (TPSA) is 45.8 Å². The summed E-state index contributed by atoms with van der Waals surface area (Å²) in [4.78, 5) is 18.6. The molecule has 0 fully saturated rings. The number of halogens is 2. The maximum Gasteiger partial charge on any atom is 0.172 e. The summed E-state index contributed by atoms with van der Waals surface area (Å²) in [6, 6.07) is 1.58. The molecule has 3 nitrogen and oxygen atoms in total. The van der Waals surface area contributed by atoms with Crippen LogP contribution < -0.4 is 0 Å². The number of hydrogen-bond acceptors (Lipinski definition) is 3. The molecular formula is C9H6Cl2N2OS. The van der Waals surface area contributed by atoms with E-state index in [4.69, 9.17) is 23.2 Å². The summed E-state index contributed by atoms with van der Waals surface area (Å²) in [6.45, 7) is 0. The molecule has 0 saturated carbocycles. The van der Waals surface area contributed by atoms with E-state index >= 15 is 0 Å². The number of nitrogens with zero attached hydrogens (tertiary/aromatic N) is 1. The van der Waals surface area contributed by atoms with Gasteiger partial charge in [0.05, 0.1) is 10.8 Å². The highest BCUT2D eigenvalue weighted by Crippen LogP contribution is 2.31. The third kappa shape index (κ3) is 2.40. The maximum absolute atomic E-state index is 11.7. The van der Waals surface area contributed by atoms with Gasteiger partial charge < -0.3 is 4.98 Å². The fraction of sp³-hybridized carbons (Fsp3) is 0.111. The van der Waals surface area contributed by atoms with Crippen LogP contribution in [0.15, 0.2) is 18.5 Å². The zero-order valence-electron chi connectivity index (χ0n) is 7.46. The van der Waals surface area contributed by atoms with Gasteiger partial charge in [0, 0.05) is 18.0 Å². The van der Waals surface area contributed by atoms with Gasteiger partial charge in [-0.25, -0.2) is 4.98 Å². The highest BCUT2D eigenvalue weighted by Gasteiger charge is 2.15. The molecule has 2 aromatic rings. The zero-order valence-corrected chi connectivity index (χ0v) is 9.79. The Kier molecular flexibility index (Phi) is 3.09. The second-order valence-corrected chi connectivity index (χ2v) is 5.16. The quantitative estimate of drug-likeness (QED) is 0.862. The van der Waals surface area contributed by atoms with Crippen molar-refractivity contribution in [2.45, 2.75) is 6.42 Å². The minimum Gasteiger partial charge on any atom is -0.348 e. The van der Waals surface area contributed by atoms with Gasteiger partial charge in [-0.15, -0.1) is 11.3 Å². The van der Waals surface area contributed by atoms with E-state index in [1.54, 1.807) is 18.5 Å². The van der Waals surface area contributed by atoms with Crippen molar-refractivity contribution in [1.82, 2.24) is 9.97 Å². The van der Waals surface area contributed by atoms with Crippen LogP contribution in [0.2, 0.25) is 8.67 Å². The Bertz CT molecular complexity index is 478. The van der Waals surface area contributed by atoms with E-state index in [0.717, 1.165) is 0 Å². The Morgan fingerprint density at radius 3 is 2.87 bits per heavy atom. The van der Waals surface area contributed by atoms with Crippen molar-refractivity contribution in [1.29, 1.82) is 0 Å². The predicted octanol–water partition coefficient (Wildman–Crippen LogP) is 3.20. The van der Waals surface area contributed by atoms with Gasteiger partial charge in [0.15, 0.2) is 5.78 Å². The molecule has 0 aliphatic heterocycles. The maximum atomic E-state index is 11.7. The minimum atomic E-state index is -0.0851. The van der Waals surface area contributed by atoms with Crippen molar-refractivity contribution < 1.29 is 4.79 Å². The first-order chi connectivity index (χ1) is 7.16. The molecule has 0 aliphatic carbocycles. The molecule has 0 amide bonds. The molecule has 0 atom stereocenters. The second kappa shape index (κ2) is 4.35. The molecule has 0 saturated heterocycles. The van der Waals surface area contributed by atoms with Crippen molar-refractivity contribution >= 4 is 40.3 Å². The molecule has 0 bridgehead atoms. The summed E-state index contributed by atoms with van der Waals surface area (Å²) < 4.78 is 0.944.